The average Bonchev–Trinajstić information content (AvgIpc) is 3.02. The Morgan fingerprint density at radius 2 is 2.48 bits per heavy atom. The number of nitrogens with one attached hydrogen (secondary N) is 1. The molecule has 1 saturated heterocycles. The Morgan fingerprint density at radius 1 is 1.57 bits per heavy atom. The zero-order valence-corrected chi connectivity index (χ0v) is 11.4. The molecule has 7 heteroatoms. The van der Waals surface area contributed by atoms with Gasteiger partial charge in [-0.25, -0.2) is 4.98 Å². The van der Waals surface area contributed by atoms with E-state index in [0.29, 0.717) is 18.0 Å². The molecule has 3 rings (SSSR count). The van der Waals surface area contributed by atoms with E-state index in [1.807, 2.05) is 6.07 Å². The van der Waals surface area contributed by atoms with E-state index in [9.17, 15) is 4.79 Å². The Balaban J connectivity index is 1.98. The predicted octanol–water partition coefficient (Wildman–Crippen LogP) is 1.09. The quantitative estimate of drug-likeness (QED) is 0.499. The summed E-state index contributed by atoms with van der Waals surface area (Å²) in [7, 11) is 0. The summed E-state index contributed by atoms with van der Waals surface area (Å²) >= 11 is 0. The molecule has 1 aliphatic heterocycles. The highest BCUT2D eigenvalue weighted by Gasteiger charge is 2.17. The van der Waals surface area contributed by atoms with Crippen molar-refractivity contribution in [2.45, 2.75) is 18.9 Å². The van der Waals surface area contributed by atoms with Crippen LogP contribution in [0.5, 0.6) is 0 Å². The lowest BCUT2D eigenvalue weighted by atomic mass is 10.2. The third-order valence-corrected chi connectivity index (χ3v) is 3.48. The zero-order valence-electron chi connectivity index (χ0n) is 11.4. The molecule has 7 nitrogen and oxygen atoms in total. The lowest BCUT2D eigenvalue weighted by Crippen LogP contribution is -2.25. The molecule has 0 bridgehead atoms. The van der Waals surface area contributed by atoms with Crippen LogP contribution in [0.25, 0.3) is 5.65 Å². The average molecular weight is 288 g/mol. The molecule has 0 aromatic carbocycles. The van der Waals surface area contributed by atoms with Gasteiger partial charge >= 0.3 is 0 Å². The van der Waals surface area contributed by atoms with Gasteiger partial charge in [0.15, 0.2) is 0 Å². The first-order valence-electron chi connectivity index (χ1n) is 6.84. The van der Waals surface area contributed by atoms with E-state index in [-0.39, 0.29) is 17.2 Å². The number of ether oxygens (including phenoxy) is 1. The smallest absolute Gasteiger partial charge is 0.268 e. The Labute approximate surface area is 120 Å². The van der Waals surface area contributed by atoms with Crippen molar-refractivity contribution in [2.75, 3.05) is 18.5 Å². The predicted molar refractivity (Wildman–Crippen MR) is 78.3 cm³/mol. The molecule has 0 saturated carbocycles. The standard InChI is InChI=1S/C14H16N4O3/c19-14-11(9-16-20)13(15-8-10-4-3-7-21-10)17-12-5-1-2-6-18(12)14/h1-2,5-6,9-10,15,20H,3-4,7-8H2/b16-9+. The SMILES string of the molecule is O=c1c(/C=N/O)c(NCC2CCCO2)nc2ccccn12. The van der Waals surface area contributed by atoms with Crippen LogP contribution < -0.4 is 10.9 Å². The van der Waals surface area contributed by atoms with Gasteiger partial charge in [-0.2, -0.15) is 0 Å². The third-order valence-electron chi connectivity index (χ3n) is 3.48. The summed E-state index contributed by atoms with van der Waals surface area (Å²) in [5.41, 5.74) is 0.472. The Kier molecular flexibility index (Phi) is 3.83. The highest BCUT2D eigenvalue weighted by atomic mass is 16.5. The van der Waals surface area contributed by atoms with Gasteiger partial charge in [0.2, 0.25) is 0 Å². The second kappa shape index (κ2) is 5.92. The number of fused-ring (bicyclic) bond motifs is 1. The van der Waals surface area contributed by atoms with Crippen LogP contribution >= 0.6 is 0 Å². The fraction of sp³-hybridized carbons (Fsp3) is 0.357. The summed E-state index contributed by atoms with van der Waals surface area (Å²) in [6.45, 7) is 1.34. The molecule has 0 aliphatic carbocycles. The van der Waals surface area contributed by atoms with E-state index >= 15 is 0 Å². The minimum absolute atomic E-state index is 0.125. The molecule has 2 aromatic heterocycles. The normalized spacial score (nSPS) is 18.6. The van der Waals surface area contributed by atoms with Crippen molar-refractivity contribution in [3.05, 3.63) is 40.3 Å². The molecule has 0 spiro atoms. The molecule has 0 amide bonds. The minimum atomic E-state index is -0.284. The first kappa shape index (κ1) is 13.6. The zero-order chi connectivity index (χ0) is 14.7. The van der Waals surface area contributed by atoms with Crippen molar-refractivity contribution < 1.29 is 9.94 Å². The maximum absolute atomic E-state index is 12.4. The monoisotopic (exact) mass is 288 g/mol. The van der Waals surface area contributed by atoms with Gasteiger partial charge in [-0.05, 0) is 25.0 Å². The fourth-order valence-electron chi connectivity index (χ4n) is 2.43. The highest BCUT2D eigenvalue weighted by molar-refractivity contribution is 5.86. The summed E-state index contributed by atoms with van der Waals surface area (Å²) in [5, 5.41) is 14.8. The number of oxime groups is 1. The van der Waals surface area contributed by atoms with Crippen LogP contribution in [0.1, 0.15) is 18.4 Å². The Hall–Kier alpha value is -2.41. The number of aromatic nitrogens is 2. The van der Waals surface area contributed by atoms with Crippen molar-refractivity contribution in [3.8, 4) is 0 Å². The minimum Gasteiger partial charge on any atom is -0.411 e. The van der Waals surface area contributed by atoms with Crippen molar-refractivity contribution in [3.63, 3.8) is 0 Å². The molecule has 2 N–H and O–H groups in total. The van der Waals surface area contributed by atoms with Gasteiger partial charge in [-0.15, -0.1) is 0 Å². The van der Waals surface area contributed by atoms with Gasteiger partial charge in [0.1, 0.15) is 17.0 Å². The molecule has 1 fully saturated rings. The maximum Gasteiger partial charge on any atom is 0.268 e. The van der Waals surface area contributed by atoms with Crippen LogP contribution in [0.4, 0.5) is 5.82 Å². The molecule has 1 atom stereocenters. The lowest BCUT2D eigenvalue weighted by molar-refractivity contribution is 0.120. The number of rotatable bonds is 4. The fourth-order valence-corrected chi connectivity index (χ4v) is 2.43. The molecule has 110 valence electrons. The van der Waals surface area contributed by atoms with Crippen LogP contribution in [0, 0.1) is 0 Å². The molecule has 21 heavy (non-hydrogen) atoms. The van der Waals surface area contributed by atoms with Gasteiger partial charge in [0, 0.05) is 19.3 Å². The van der Waals surface area contributed by atoms with Crippen LogP contribution in [0.2, 0.25) is 0 Å². The Morgan fingerprint density at radius 3 is 3.24 bits per heavy atom. The van der Waals surface area contributed by atoms with Crippen LogP contribution in [-0.4, -0.2) is 40.1 Å². The molecule has 1 aliphatic rings. The van der Waals surface area contributed by atoms with Gasteiger partial charge in [-0.1, -0.05) is 11.2 Å². The Bertz CT molecular complexity index is 720. The first-order valence-corrected chi connectivity index (χ1v) is 6.84. The topological polar surface area (TPSA) is 88.2 Å². The molecular weight excluding hydrogens is 272 g/mol. The summed E-state index contributed by atoms with van der Waals surface area (Å²) < 4.78 is 6.95. The first-order chi connectivity index (χ1) is 10.3. The number of anilines is 1. The molecular formula is C14H16N4O3. The van der Waals surface area contributed by atoms with E-state index < -0.39 is 0 Å². The highest BCUT2D eigenvalue weighted by Crippen LogP contribution is 2.14. The molecule has 1 unspecified atom stereocenters. The van der Waals surface area contributed by atoms with E-state index in [4.69, 9.17) is 9.94 Å². The number of hydrogen-bond acceptors (Lipinski definition) is 6. The number of nitrogens with zero attached hydrogens (tertiary/aromatic N) is 3. The second-order valence-corrected chi connectivity index (χ2v) is 4.87. The molecule has 3 heterocycles. The van der Waals surface area contributed by atoms with Gasteiger partial charge in [0.25, 0.3) is 5.56 Å². The van der Waals surface area contributed by atoms with Crippen molar-refractivity contribution in [1.82, 2.24) is 9.38 Å². The van der Waals surface area contributed by atoms with Crippen molar-refractivity contribution in [1.29, 1.82) is 0 Å². The van der Waals surface area contributed by atoms with E-state index in [2.05, 4.69) is 15.5 Å². The van der Waals surface area contributed by atoms with Crippen molar-refractivity contribution >= 4 is 17.7 Å². The molecule has 0 radical (unpaired) electrons. The second-order valence-electron chi connectivity index (χ2n) is 4.87. The van der Waals surface area contributed by atoms with E-state index in [1.54, 1.807) is 18.3 Å². The van der Waals surface area contributed by atoms with E-state index in [0.717, 1.165) is 25.7 Å². The molecule has 2 aromatic rings. The summed E-state index contributed by atoms with van der Waals surface area (Å²) in [6.07, 6.45) is 4.89. The van der Waals surface area contributed by atoms with Gasteiger partial charge in [-0.3, -0.25) is 9.20 Å². The van der Waals surface area contributed by atoms with Gasteiger partial charge < -0.3 is 15.3 Å². The van der Waals surface area contributed by atoms with Gasteiger partial charge in [0.05, 0.1) is 12.3 Å². The lowest BCUT2D eigenvalue weighted by Gasteiger charge is -2.13. The number of pyridine rings is 1. The largest absolute Gasteiger partial charge is 0.411 e. The summed E-state index contributed by atoms with van der Waals surface area (Å²) in [6, 6.07) is 5.30. The number of hydrogen-bond donors (Lipinski definition) is 2. The van der Waals surface area contributed by atoms with Crippen molar-refractivity contribution in [2.24, 2.45) is 5.16 Å². The summed E-state index contributed by atoms with van der Waals surface area (Å²) in [4.78, 5) is 16.8. The van der Waals surface area contributed by atoms with Crippen LogP contribution in [0.3, 0.4) is 0 Å². The summed E-state index contributed by atoms with van der Waals surface area (Å²) in [5.74, 6) is 0.402. The third kappa shape index (κ3) is 2.73. The maximum atomic E-state index is 12.4. The van der Waals surface area contributed by atoms with E-state index in [1.165, 1.54) is 4.40 Å². The van der Waals surface area contributed by atoms with Crippen LogP contribution in [-0.2, 0) is 4.74 Å². The van der Waals surface area contributed by atoms with Crippen LogP contribution in [0.15, 0.2) is 34.3 Å².